The van der Waals surface area contributed by atoms with Gasteiger partial charge in [0.15, 0.2) is 0 Å². The van der Waals surface area contributed by atoms with E-state index >= 15 is 0 Å². The molecule has 2 atom stereocenters. The van der Waals surface area contributed by atoms with Crippen LogP contribution < -0.4 is 16.0 Å². The van der Waals surface area contributed by atoms with Gasteiger partial charge in [-0.05, 0) is 44.7 Å². The van der Waals surface area contributed by atoms with Crippen LogP contribution in [0.15, 0.2) is 24.3 Å². The Hall–Kier alpha value is -1.55. The van der Waals surface area contributed by atoms with Gasteiger partial charge < -0.3 is 16.0 Å². The summed E-state index contributed by atoms with van der Waals surface area (Å²) >= 11 is 0. The minimum atomic E-state index is -0.0878. The molecule has 19 heavy (non-hydrogen) atoms. The second kappa shape index (κ2) is 5.21. The predicted molar refractivity (Wildman–Crippen MR) is 76.3 cm³/mol. The number of amides is 2. The zero-order valence-corrected chi connectivity index (χ0v) is 11.3. The predicted octanol–water partition coefficient (Wildman–Crippen LogP) is 2.40. The van der Waals surface area contributed by atoms with Crippen molar-refractivity contribution in [1.82, 2.24) is 10.6 Å². The highest BCUT2D eigenvalue weighted by atomic mass is 16.2. The lowest BCUT2D eigenvalue weighted by atomic mass is 10.0. The fourth-order valence-electron chi connectivity index (χ4n) is 3.16. The molecule has 2 fully saturated rings. The van der Waals surface area contributed by atoms with E-state index in [0.717, 1.165) is 18.5 Å². The van der Waals surface area contributed by atoms with Crippen LogP contribution in [-0.2, 0) is 0 Å². The SMILES string of the molecule is Cc1ccc(NC(=O)NC2CC3CCC(C2)N3)cc1. The summed E-state index contributed by atoms with van der Waals surface area (Å²) in [6.45, 7) is 2.04. The first-order valence-corrected chi connectivity index (χ1v) is 7.09. The van der Waals surface area contributed by atoms with E-state index in [2.05, 4.69) is 16.0 Å². The highest BCUT2D eigenvalue weighted by Gasteiger charge is 2.33. The van der Waals surface area contributed by atoms with E-state index in [1.54, 1.807) is 0 Å². The first kappa shape index (κ1) is 12.5. The van der Waals surface area contributed by atoms with Gasteiger partial charge in [-0.3, -0.25) is 0 Å². The van der Waals surface area contributed by atoms with Gasteiger partial charge in [-0.2, -0.15) is 0 Å². The number of urea groups is 1. The molecule has 2 unspecified atom stereocenters. The van der Waals surface area contributed by atoms with Crippen LogP contribution >= 0.6 is 0 Å². The fraction of sp³-hybridized carbons (Fsp3) is 0.533. The highest BCUT2D eigenvalue weighted by molar-refractivity contribution is 5.89. The molecule has 2 heterocycles. The van der Waals surface area contributed by atoms with Crippen LogP contribution in [0.4, 0.5) is 10.5 Å². The molecular formula is C15H21N3O. The largest absolute Gasteiger partial charge is 0.335 e. The van der Waals surface area contributed by atoms with Gasteiger partial charge in [-0.15, -0.1) is 0 Å². The summed E-state index contributed by atoms with van der Waals surface area (Å²) < 4.78 is 0. The van der Waals surface area contributed by atoms with E-state index in [1.807, 2.05) is 31.2 Å². The van der Waals surface area contributed by atoms with E-state index in [-0.39, 0.29) is 6.03 Å². The Bertz CT molecular complexity index is 445. The Morgan fingerprint density at radius 2 is 1.79 bits per heavy atom. The van der Waals surface area contributed by atoms with Crippen molar-refractivity contribution in [3.63, 3.8) is 0 Å². The Labute approximate surface area is 114 Å². The smallest absolute Gasteiger partial charge is 0.319 e. The molecule has 0 radical (unpaired) electrons. The average molecular weight is 259 g/mol. The van der Waals surface area contributed by atoms with E-state index < -0.39 is 0 Å². The molecular weight excluding hydrogens is 238 g/mol. The van der Waals surface area contributed by atoms with Crippen molar-refractivity contribution in [3.05, 3.63) is 29.8 Å². The third-order valence-electron chi connectivity index (χ3n) is 4.12. The van der Waals surface area contributed by atoms with Gasteiger partial charge in [0, 0.05) is 23.8 Å². The van der Waals surface area contributed by atoms with Crippen LogP contribution in [0.1, 0.15) is 31.2 Å². The van der Waals surface area contributed by atoms with Crippen molar-refractivity contribution in [3.8, 4) is 0 Å². The lowest BCUT2D eigenvalue weighted by molar-refractivity contribution is 0.240. The molecule has 3 rings (SSSR count). The molecule has 2 amide bonds. The number of fused-ring (bicyclic) bond motifs is 2. The van der Waals surface area contributed by atoms with Crippen LogP contribution in [0.5, 0.6) is 0 Å². The molecule has 2 bridgehead atoms. The van der Waals surface area contributed by atoms with Gasteiger partial charge in [0.25, 0.3) is 0 Å². The summed E-state index contributed by atoms with van der Waals surface area (Å²) in [4.78, 5) is 12.0. The summed E-state index contributed by atoms with van der Waals surface area (Å²) in [6.07, 6.45) is 4.61. The minimum Gasteiger partial charge on any atom is -0.335 e. The first-order valence-electron chi connectivity index (χ1n) is 7.09. The number of carbonyl (C=O) groups excluding carboxylic acids is 1. The Kier molecular flexibility index (Phi) is 3.42. The van der Waals surface area contributed by atoms with Gasteiger partial charge in [-0.25, -0.2) is 4.79 Å². The number of piperidine rings is 1. The van der Waals surface area contributed by atoms with Crippen molar-refractivity contribution in [1.29, 1.82) is 0 Å². The highest BCUT2D eigenvalue weighted by Crippen LogP contribution is 2.26. The lowest BCUT2D eigenvalue weighted by Crippen LogP contribution is -2.49. The minimum absolute atomic E-state index is 0.0878. The summed E-state index contributed by atoms with van der Waals surface area (Å²) in [5, 5.41) is 9.57. The standard InChI is InChI=1S/C15H21N3O/c1-10-2-4-11(5-3-10)17-15(19)18-14-8-12-6-7-13(9-14)16-12/h2-5,12-14,16H,6-9H2,1H3,(H2,17,18,19). The quantitative estimate of drug-likeness (QED) is 0.764. The Morgan fingerprint density at radius 1 is 1.16 bits per heavy atom. The zero-order valence-electron chi connectivity index (χ0n) is 11.3. The van der Waals surface area contributed by atoms with Gasteiger partial charge in [-0.1, -0.05) is 17.7 Å². The zero-order chi connectivity index (χ0) is 13.2. The fourth-order valence-corrected chi connectivity index (χ4v) is 3.16. The van der Waals surface area contributed by atoms with Crippen molar-refractivity contribution in [2.75, 3.05) is 5.32 Å². The van der Waals surface area contributed by atoms with Crippen LogP contribution in [0.3, 0.4) is 0 Å². The van der Waals surface area contributed by atoms with Gasteiger partial charge >= 0.3 is 6.03 Å². The monoisotopic (exact) mass is 259 g/mol. The van der Waals surface area contributed by atoms with E-state index in [9.17, 15) is 4.79 Å². The first-order chi connectivity index (χ1) is 9.19. The van der Waals surface area contributed by atoms with Crippen LogP contribution in [0.25, 0.3) is 0 Å². The number of nitrogens with one attached hydrogen (secondary N) is 3. The van der Waals surface area contributed by atoms with E-state index in [1.165, 1.54) is 18.4 Å². The number of anilines is 1. The molecule has 2 saturated heterocycles. The van der Waals surface area contributed by atoms with Crippen LogP contribution in [-0.4, -0.2) is 24.2 Å². The molecule has 2 aliphatic heterocycles. The maximum atomic E-state index is 12.0. The maximum absolute atomic E-state index is 12.0. The number of aryl methyl sites for hydroxylation is 1. The number of benzene rings is 1. The third kappa shape index (κ3) is 3.07. The average Bonchev–Trinajstić information content (AvgIpc) is 2.72. The molecule has 1 aromatic carbocycles. The Balaban J connectivity index is 1.52. The van der Waals surface area contributed by atoms with Gasteiger partial charge in [0.05, 0.1) is 0 Å². The van der Waals surface area contributed by atoms with E-state index in [4.69, 9.17) is 0 Å². The topological polar surface area (TPSA) is 53.2 Å². The van der Waals surface area contributed by atoms with Crippen molar-refractivity contribution >= 4 is 11.7 Å². The molecule has 2 aliphatic rings. The summed E-state index contributed by atoms with van der Waals surface area (Å²) in [5.74, 6) is 0. The van der Waals surface area contributed by atoms with Crippen LogP contribution in [0, 0.1) is 6.92 Å². The molecule has 4 nitrogen and oxygen atoms in total. The number of hydrogen-bond donors (Lipinski definition) is 3. The summed E-state index contributed by atoms with van der Waals surface area (Å²) in [5.41, 5.74) is 2.04. The molecule has 0 saturated carbocycles. The van der Waals surface area contributed by atoms with Gasteiger partial charge in [0.1, 0.15) is 0 Å². The van der Waals surface area contributed by atoms with Crippen molar-refractivity contribution in [2.24, 2.45) is 0 Å². The molecule has 0 aliphatic carbocycles. The molecule has 0 spiro atoms. The number of carbonyl (C=O) groups is 1. The molecule has 102 valence electrons. The number of hydrogen-bond acceptors (Lipinski definition) is 2. The lowest BCUT2D eigenvalue weighted by Gasteiger charge is -2.29. The number of rotatable bonds is 2. The van der Waals surface area contributed by atoms with Gasteiger partial charge in [0.2, 0.25) is 0 Å². The Morgan fingerprint density at radius 3 is 2.42 bits per heavy atom. The molecule has 1 aromatic rings. The molecule has 4 heteroatoms. The summed E-state index contributed by atoms with van der Waals surface area (Å²) in [7, 11) is 0. The third-order valence-corrected chi connectivity index (χ3v) is 4.12. The molecule has 3 N–H and O–H groups in total. The normalized spacial score (nSPS) is 29.0. The molecule has 0 aromatic heterocycles. The van der Waals surface area contributed by atoms with E-state index in [0.29, 0.717) is 18.1 Å². The maximum Gasteiger partial charge on any atom is 0.319 e. The van der Waals surface area contributed by atoms with Crippen LogP contribution in [0.2, 0.25) is 0 Å². The summed E-state index contributed by atoms with van der Waals surface area (Å²) in [6, 6.07) is 9.29. The second-order valence-corrected chi connectivity index (χ2v) is 5.77. The van der Waals surface area contributed by atoms with Crippen molar-refractivity contribution < 1.29 is 4.79 Å². The second-order valence-electron chi connectivity index (χ2n) is 5.77. The van der Waals surface area contributed by atoms with Crippen molar-refractivity contribution in [2.45, 2.75) is 50.7 Å².